The van der Waals surface area contributed by atoms with Gasteiger partial charge in [-0.25, -0.2) is 9.59 Å². The molecule has 2 aromatic rings. The SMILES string of the molecule is CC1=C(C(=O)OC(C)C)[C@@H](c2cccc(C#N)c2)N(C)C(=O)N1c1ccc([N+](=O)[O-])cc1. The molecule has 0 bridgehead atoms. The van der Waals surface area contributed by atoms with E-state index in [4.69, 9.17) is 4.74 Å². The molecule has 2 aromatic carbocycles. The average molecular weight is 434 g/mol. The second-order valence-corrected chi connectivity index (χ2v) is 7.60. The zero-order valence-corrected chi connectivity index (χ0v) is 18.1. The molecule has 1 aliphatic heterocycles. The van der Waals surface area contributed by atoms with Crippen LogP contribution < -0.4 is 4.90 Å². The highest BCUT2D eigenvalue weighted by atomic mass is 16.6. The van der Waals surface area contributed by atoms with Crippen molar-refractivity contribution >= 4 is 23.4 Å². The molecule has 0 saturated carbocycles. The van der Waals surface area contributed by atoms with Gasteiger partial charge in [0.15, 0.2) is 0 Å². The summed E-state index contributed by atoms with van der Waals surface area (Å²) in [6.45, 7) is 5.08. The number of rotatable bonds is 5. The molecule has 0 fully saturated rings. The first-order valence-corrected chi connectivity index (χ1v) is 9.89. The number of carbonyl (C=O) groups is 2. The molecule has 3 rings (SSSR count). The van der Waals surface area contributed by atoms with Crippen molar-refractivity contribution in [2.75, 3.05) is 11.9 Å². The van der Waals surface area contributed by atoms with Crippen LogP contribution in [-0.2, 0) is 9.53 Å². The Bertz CT molecular complexity index is 1150. The molecule has 2 amide bonds. The third kappa shape index (κ3) is 4.16. The average Bonchev–Trinajstić information content (AvgIpc) is 2.76. The lowest BCUT2D eigenvalue weighted by molar-refractivity contribution is -0.384. The fourth-order valence-corrected chi connectivity index (χ4v) is 3.66. The molecule has 0 radical (unpaired) electrons. The van der Waals surface area contributed by atoms with Gasteiger partial charge >= 0.3 is 12.0 Å². The van der Waals surface area contributed by atoms with E-state index in [2.05, 4.69) is 6.07 Å². The zero-order chi connectivity index (χ0) is 23.6. The number of anilines is 1. The van der Waals surface area contributed by atoms with Crippen molar-refractivity contribution in [3.8, 4) is 6.07 Å². The number of hydrogen-bond donors (Lipinski definition) is 0. The topological polar surface area (TPSA) is 117 Å². The summed E-state index contributed by atoms with van der Waals surface area (Å²) in [7, 11) is 1.56. The number of nitriles is 1. The maximum Gasteiger partial charge on any atom is 0.338 e. The Hall–Kier alpha value is -4.19. The molecule has 0 spiro atoms. The van der Waals surface area contributed by atoms with Crippen molar-refractivity contribution in [2.24, 2.45) is 0 Å². The third-order valence-electron chi connectivity index (χ3n) is 5.09. The van der Waals surface area contributed by atoms with Gasteiger partial charge in [-0.15, -0.1) is 0 Å². The lowest BCUT2D eigenvalue weighted by Crippen LogP contribution is -2.49. The first kappa shape index (κ1) is 22.5. The first-order valence-electron chi connectivity index (χ1n) is 9.89. The van der Waals surface area contributed by atoms with Crippen LogP contribution >= 0.6 is 0 Å². The molecular weight excluding hydrogens is 412 g/mol. The molecule has 0 aromatic heterocycles. The van der Waals surface area contributed by atoms with Crippen LogP contribution in [0, 0.1) is 21.4 Å². The van der Waals surface area contributed by atoms with Crippen LogP contribution in [0.25, 0.3) is 0 Å². The molecule has 1 atom stereocenters. The van der Waals surface area contributed by atoms with Gasteiger partial charge in [-0.3, -0.25) is 15.0 Å². The minimum Gasteiger partial charge on any atom is -0.459 e. The van der Waals surface area contributed by atoms with Gasteiger partial charge in [0.05, 0.1) is 40.0 Å². The van der Waals surface area contributed by atoms with Gasteiger partial charge in [0, 0.05) is 24.9 Å². The van der Waals surface area contributed by atoms with Crippen LogP contribution in [0.5, 0.6) is 0 Å². The Labute approximate surface area is 185 Å². The fourth-order valence-electron chi connectivity index (χ4n) is 3.66. The lowest BCUT2D eigenvalue weighted by Gasteiger charge is -2.41. The summed E-state index contributed by atoms with van der Waals surface area (Å²) in [4.78, 5) is 39.7. The number of ether oxygens (including phenoxy) is 1. The van der Waals surface area contributed by atoms with Gasteiger partial charge < -0.3 is 9.64 Å². The van der Waals surface area contributed by atoms with Gasteiger partial charge in [-0.1, -0.05) is 12.1 Å². The smallest absolute Gasteiger partial charge is 0.338 e. The number of esters is 1. The summed E-state index contributed by atoms with van der Waals surface area (Å²) >= 11 is 0. The normalized spacial score (nSPS) is 16.2. The van der Waals surface area contributed by atoms with Crippen molar-refractivity contribution in [1.29, 1.82) is 5.26 Å². The number of non-ortho nitro benzene ring substituents is 1. The maximum atomic E-state index is 13.4. The Balaban J connectivity index is 2.19. The van der Waals surface area contributed by atoms with E-state index in [1.807, 2.05) is 0 Å². The predicted molar refractivity (Wildman–Crippen MR) is 117 cm³/mol. The van der Waals surface area contributed by atoms with Crippen molar-refractivity contribution in [3.63, 3.8) is 0 Å². The first-order chi connectivity index (χ1) is 15.1. The van der Waals surface area contributed by atoms with E-state index in [-0.39, 0.29) is 17.4 Å². The Morgan fingerprint density at radius 1 is 1.22 bits per heavy atom. The second-order valence-electron chi connectivity index (χ2n) is 7.60. The van der Waals surface area contributed by atoms with E-state index in [0.29, 0.717) is 22.5 Å². The molecule has 9 nitrogen and oxygen atoms in total. The summed E-state index contributed by atoms with van der Waals surface area (Å²) in [6, 6.07) is 13.1. The van der Waals surface area contributed by atoms with E-state index in [1.165, 1.54) is 34.1 Å². The monoisotopic (exact) mass is 434 g/mol. The molecule has 0 saturated heterocycles. The predicted octanol–water partition coefficient (Wildman–Crippen LogP) is 4.31. The van der Waals surface area contributed by atoms with Crippen LogP contribution in [0.4, 0.5) is 16.2 Å². The summed E-state index contributed by atoms with van der Waals surface area (Å²) in [6.07, 6.45) is -0.385. The van der Waals surface area contributed by atoms with Crippen LogP contribution in [0.15, 0.2) is 59.8 Å². The second kappa shape index (κ2) is 8.89. The quantitative estimate of drug-likeness (QED) is 0.393. The van der Waals surface area contributed by atoms with Crippen LogP contribution in [0.2, 0.25) is 0 Å². The number of amides is 2. The number of hydrogen-bond acceptors (Lipinski definition) is 6. The molecular formula is C23H22N4O5. The molecule has 1 heterocycles. The standard InChI is InChI=1S/C23H22N4O5/c1-14(2)32-22(28)20-15(3)26(18-8-10-19(11-9-18)27(30)31)23(29)25(4)21(20)17-7-5-6-16(12-17)13-24/h5-12,14,21H,1-4H3/t21-/m1/s1. The van der Waals surface area contributed by atoms with Crippen LogP contribution in [0.3, 0.4) is 0 Å². The molecule has 9 heteroatoms. The minimum absolute atomic E-state index is 0.112. The minimum atomic E-state index is -0.767. The van der Waals surface area contributed by atoms with Crippen molar-refractivity contribution < 1.29 is 19.2 Å². The maximum absolute atomic E-state index is 13.4. The van der Waals surface area contributed by atoms with Crippen LogP contribution in [0.1, 0.15) is 37.9 Å². The zero-order valence-electron chi connectivity index (χ0n) is 18.1. The summed E-state index contributed by atoms with van der Waals surface area (Å²) in [5, 5.41) is 20.3. The van der Waals surface area contributed by atoms with Gasteiger partial charge in [-0.2, -0.15) is 5.26 Å². The Kier molecular flexibility index (Phi) is 6.25. The van der Waals surface area contributed by atoms with Gasteiger partial charge in [-0.05, 0) is 50.6 Å². The molecule has 1 aliphatic rings. The lowest BCUT2D eigenvalue weighted by atomic mass is 9.92. The number of carbonyl (C=O) groups excluding carboxylic acids is 2. The number of benzene rings is 2. The summed E-state index contributed by atoms with van der Waals surface area (Å²) < 4.78 is 5.47. The number of likely N-dealkylation sites (N-methyl/N-ethyl adjacent to an activating group) is 1. The fraction of sp³-hybridized carbons (Fsp3) is 0.261. The van der Waals surface area contributed by atoms with E-state index >= 15 is 0 Å². The molecule has 164 valence electrons. The van der Waals surface area contributed by atoms with Crippen molar-refractivity contribution in [1.82, 2.24) is 4.90 Å². The molecule has 0 aliphatic carbocycles. The third-order valence-corrected chi connectivity index (χ3v) is 5.09. The van der Waals surface area contributed by atoms with E-state index in [1.54, 1.807) is 52.1 Å². The van der Waals surface area contributed by atoms with Crippen molar-refractivity contribution in [3.05, 3.63) is 81.0 Å². The highest BCUT2D eigenvalue weighted by Gasteiger charge is 2.41. The van der Waals surface area contributed by atoms with Gasteiger partial charge in [0.2, 0.25) is 0 Å². The molecule has 0 unspecified atom stereocenters. The van der Waals surface area contributed by atoms with Gasteiger partial charge in [0.25, 0.3) is 5.69 Å². The molecule has 0 N–H and O–H groups in total. The van der Waals surface area contributed by atoms with E-state index in [0.717, 1.165) is 0 Å². The molecule has 32 heavy (non-hydrogen) atoms. The summed E-state index contributed by atoms with van der Waals surface area (Å²) in [5.41, 5.74) is 1.85. The Morgan fingerprint density at radius 2 is 1.88 bits per heavy atom. The summed E-state index contributed by atoms with van der Waals surface area (Å²) in [5.74, 6) is -0.587. The Morgan fingerprint density at radius 3 is 2.44 bits per heavy atom. The highest BCUT2D eigenvalue weighted by Crippen LogP contribution is 2.39. The highest BCUT2D eigenvalue weighted by molar-refractivity contribution is 6.03. The van der Waals surface area contributed by atoms with Crippen molar-refractivity contribution in [2.45, 2.75) is 32.9 Å². The van der Waals surface area contributed by atoms with Gasteiger partial charge in [0.1, 0.15) is 0 Å². The number of nitrogens with zero attached hydrogens (tertiary/aromatic N) is 4. The number of nitro benzene ring substituents is 1. The van der Waals surface area contributed by atoms with E-state index < -0.39 is 23.0 Å². The number of nitro groups is 1. The van der Waals surface area contributed by atoms with Crippen LogP contribution in [-0.4, -0.2) is 35.0 Å². The van der Waals surface area contributed by atoms with E-state index in [9.17, 15) is 25.0 Å². The number of urea groups is 1. The largest absolute Gasteiger partial charge is 0.459 e. The number of allylic oxidation sites excluding steroid dienone is 1.